The summed E-state index contributed by atoms with van der Waals surface area (Å²) < 4.78 is 42.6. The van der Waals surface area contributed by atoms with Crippen LogP contribution < -0.4 is 10.9 Å². The van der Waals surface area contributed by atoms with Crippen LogP contribution in [-0.2, 0) is 17.1 Å². The second kappa shape index (κ2) is 10.4. The molecule has 0 aliphatic carbocycles. The van der Waals surface area contributed by atoms with Crippen LogP contribution in [0.4, 0.5) is 18.9 Å². The van der Waals surface area contributed by atoms with E-state index in [-0.39, 0.29) is 35.2 Å². The van der Waals surface area contributed by atoms with Crippen molar-refractivity contribution >= 4 is 23.2 Å². The maximum atomic E-state index is 13.8. The molecule has 1 amide bonds. The number of nitrogens with one attached hydrogen (secondary N) is 1. The Kier molecular flexibility index (Phi) is 7.26. The van der Waals surface area contributed by atoms with Crippen molar-refractivity contribution in [1.29, 1.82) is 0 Å². The number of anilines is 1. The maximum Gasteiger partial charge on any atom is 0.273 e. The molecule has 5 nitrogen and oxygen atoms in total. The van der Waals surface area contributed by atoms with Crippen LogP contribution in [0.15, 0.2) is 83.8 Å². The quantitative estimate of drug-likeness (QED) is 0.313. The molecule has 0 bridgehead atoms. The fourth-order valence-corrected chi connectivity index (χ4v) is 3.90. The summed E-state index contributed by atoms with van der Waals surface area (Å²) in [6, 6.07) is 17.5. The molecule has 1 N–H and O–H groups in total. The first-order valence-electron chi connectivity index (χ1n) is 11.1. The minimum atomic E-state index is -2.90. The molecule has 4 rings (SSSR count). The molecular formula is C27H21ClF3N3O2. The van der Waals surface area contributed by atoms with Gasteiger partial charge in [0.2, 0.25) is 5.91 Å². The molecule has 3 aromatic carbocycles. The fourth-order valence-electron chi connectivity index (χ4n) is 3.64. The van der Waals surface area contributed by atoms with Crippen molar-refractivity contribution in [2.75, 3.05) is 5.32 Å². The molecule has 0 aliphatic rings. The van der Waals surface area contributed by atoms with Crippen molar-refractivity contribution in [2.45, 2.75) is 25.7 Å². The van der Waals surface area contributed by atoms with Gasteiger partial charge in [-0.2, -0.15) is 4.98 Å². The van der Waals surface area contributed by atoms with Gasteiger partial charge in [-0.25, -0.2) is 13.2 Å². The Bertz CT molecular complexity index is 1450. The number of hydrogen-bond donors (Lipinski definition) is 1. The summed E-state index contributed by atoms with van der Waals surface area (Å²) in [5.74, 6) is -3.42. The third-order valence-electron chi connectivity index (χ3n) is 5.59. The van der Waals surface area contributed by atoms with Crippen LogP contribution in [-0.4, -0.2) is 15.5 Å². The smallest absolute Gasteiger partial charge is 0.273 e. The number of carbonyl (C=O) groups is 1. The Balaban J connectivity index is 1.50. The first-order chi connectivity index (χ1) is 17.2. The molecule has 0 saturated carbocycles. The van der Waals surface area contributed by atoms with Gasteiger partial charge in [0.15, 0.2) is 0 Å². The van der Waals surface area contributed by atoms with Gasteiger partial charge in [-0.3, -0.25) is 14.2 Å². The summed E-state index contributed by atoms with van der Waals surface area (Å²) in [5, 5.41) is 2.91. The van der Waals surface area contributed by atoms with Crippen LogP contribution in [0.1, 0.15) is 24.5 Å². The molecule has 1 aromatic heterocycles. The van der Waals surface area contributed by atoms with Crippen molar-refractivity contribution in [3.05, 3.63) is 111 Å². The lowest BCUT2D eigenvalue weighted by Crippen LogP contribution is -2.15. The first-order valence-corrected chi connectivity index (χ1v) is 11.5. The van der Waals surface area contributed by atoms with Crippen LogP contribution in [0.25, 0.3) is 17.1 Å². The van der Waals surface area contributed by atoms with Crippen LogP contribution >= 0.6 is 11.6 Å². The van der Waals surface area contributed by atoms with E-state index in [1.165, 1.54) is 61.7 Å². The zero-order chi connectivity index (χ0) is 25.9. The van der Waals surface area contributed by atoms with Gasteiger partial charge >= 0.3 is 0 Å². The van der Waals surface area contributed by atoms with Gasteiger partial charge in [0.1, 0.15) is 11.6 Å². The molecule has 0 atom stereocenters. The monoisotopic (exact) mass is 511 g/mol. The number of benzene rings is 3. The fraction of sp³-hybridized carbons (Fsp3) is 0.148. The molecule has 184 valence electrons. The Morgan fingerprint density at radius 2 is 1.72 bits per heavy atom. The summed E-state index contributed by atoms with van der Waals surface area (Å²) in [5.41, 5.74) is 1.58. The number of halogens is 4. The normalized spacial score (nSPS) is 11.4. The van der Waals surface area contributed by atoms with Crippen molar-refractivity contribution < 1.29 is 18.0 Å². The molecule has 9 heteroatoms. The Morgan fingerprint density at radius 3 is 2.36 bits per heavy atom. The summed E-state index contributed by atoms with van der Waals surface area (Å²) >= 11 is 6.20. The number of alkyl halides is 2. The van der Waals surface area contributed by atoms with E-state index in [0.29, 0.717) is 22.5 Å². The molecule has 0 saturated heterocycles. The van der Waals surface area contributed by atoms with Gasteiger partial charge in [0.05, 0.1) is 17.1 Å². The molecule has 4 aromatic rings. The standard InChI is InChI=1S/C27H21ClF3N3O2/c1-2-27(30,31)19-7-3-17(4-8-19)15-25(36)32-21-10-5-18(6-11-21)26-33-24(35)13-14-34(26)23-12-9-20(29)16-22(23)28/h3-14,16H,2,15H2,1H3,(H,32,36). The van der Waals surface area contributed by atoms with E-state index in [4.69, 9.17) is 11.6 Å². The highest BCUT2D eigenvalue weighted by molar-refractivity contribution is 6.32. The third-order valence-corrected chi connectivity index (χ3v) is 5.89. The van der Waals surface area contributed by atoms with Gasteiger partial charge in [-0.1, -0.05) is 42.8 Å². The highest BCUT2D eigenvalue weighted by Crippen LogP contribution is 2.31. The van der Waals surface area contributed by atoms with Crippen molar-refractivity contribution in [2.24, 2.45) is 0 Å². The van der Waals surface area contributed by atoms with Crippen LogP contribution in [0, 0.1) is 5.82 Å². The number of nitrogens with zero attached hydrogens (tertiary/aromatic N) is 2. The van der Waals surface area contributed by atoms with Gasteiger partial charge in [-0.15, -0.1) is 0 Å². The van der Waals surface area contributed by atoms with E-state index in [1.807, 2.05) is 0 Å². The predicted octanol–water partition coefficient (Wildman–Crippen LogP) is 6.38. The van der Waals surface area contributed by atoms with Crippen LogP contribution in [0.3, 0.4) is 0 Å². The van der Waals surface area contributed by atoms with E-state index in [1.54, 1.807) is 28.8 Å². The Labute approximate surface area is 210 Å². The van der Waals surface area contributed by atoms with Gasteiger partial charge < -0.3 is 5.32 Å². The van der Waals surface area contributed by atoms with E-state index in [2.05, 4.69) is 10.3 Å². The highest BCUT2D eigenvalue weighted by Gasteiger charge is 2.28. The van der Waals surface area contributed by atoms with Gasteiger partial charge in [-0.05, 0) is 48.0 Å². The summed E-state index contributed by atoms with van der Waals surface area (Å²) in [6.45, 7) is 1.41. The first kappa shape index (κ1) is 25.2. The SMILES string of the molecule is CCC(F)(F)c1ccc(CC(=O)Nc2ccc(-c3nc(=O)ccn3-c3ccc(F)cc3Cl)cc2)cc1. The van der Waals surface area contributed by atoms with E-state index < -0.39 is 17.3 Å². The molecule has 36 heavy (non-hydrogen) atoms. The van der Waals surface area contributed by atoms with Crippen LogP contribution in [0.2, 0.25) is 5.02 Å². The molecule has 0 spiro atoms. The minimum absolute atomic E-state index is 0.0164. The second-order valence-electron chi connectivity index (χ2n) is 8.11. The predicted molar refractivity (Wildman–Crippen MR) is 133 cm³/mol. The zero-order valence-corrected chi connectivity index (χ0v) is 19.9. The third kappa shape index (κ3) is 5.66. The number of aromatic nitrogens is 2. The lowest BCUT2D eigenvalue weighted by atomic mass is 10.0. The Morgan fingerprint density at radius 1 is 1.03 bits per heavy atom. The maximum absolute atomic E-state index is 13.8. The molecule has 1 heterocycles. The number of amides is 1. The average molecular weight is 512 g/mol. The van der Waals surface area contributed by atoms with Crippen LogP contribution in [0.5, 0.6) is 0 Å². The Hall–Kier alpha value is -3.91. The topological polar surface area (TPSA) is 64.0 Å². The van der Waals surface area contributed by atoms with Crippen molar-refractivity contribution in [3.8, 4) is 17.1 Å². The number of hydrogen-bond acceptors (Lipinski definition) is 3. The molecule has 0 unspecified atom stereocenters. The molecule has 0 aliphatic heterocycles. The van der Waals surface area contributed by atoms with E-state index in [0.717, 1.165) is 0 Å². The molecule has 0 radical (unpaired) electrons. The number of rotatable bonds is 7. The summed E-state index contributed by atoms with van der Waals surface area (Å²) in [4.78, 5) is 28.5. The van der Waals surface area contributed by atoms with Crippen molar-refractivity contribution in [3.63, 3.8) is 0 Å². The van der Waals surface area contributed by atoms with Crippen molar-refractivity contribution in [1.82, 2.24) is 9.55 Å². The number of carbonyl (C=O) groups excluding carboxylic acids is 1. The summed E-state index contributed by atoms with van der Waals surface area (Å²) in [6.07, 6.45) is 1.22. The van der Waals surface area contributed by atoms with E-state index >= 15 is 0 Å². The van der Waals surface area contributed by atoms with Gasteiger partial charge in [0, 0.05) is 35.5 Å². The largest absolute Gasteiger partial charge is 0.326 e. The lowest BCUT2D eigenvalue weighted by molar-refractivity contribution is -0.115. The highest BCUT2D eigenvalue weighted by atomic mass is 35.5. The average Bonchev–Trinajstić information content (AvgIpc) is 2.85. The lowest BCUT2D eigenvalue weighted by Gasteiger charge is -2.15. The molecular weight excluding hydrogens is 491 g/mol. The minimum Gasteiger partial charge on any atom is -0.326 e. The van der Waals surface area contributed by atoms with Gasteiger partial charge in [0.25, 0.3) is 11.5 Å². The second-order valence-corrected chi connectivity index (χ2v) is 8.52. The van der Waals surface area contributed by atoms with E-state index in [9.17, 15) is 22.8 Å². The molecule has 0 fully saturated rings. The zero-order valence-electron chi connectivity index (χ0n) is 19.1. The summed E-state index contributed by atoms with van der Waals surface area (Å²) in [7, 11) is 0.